The zero-order valence-corrected chi connectivity index (χ0v) is 18.0. The number of hydrogen-bond donors (Lipinski definition) is 0. The number of nitrogens with zero attached hydrogens (tertiary/aromatic N) is 2. The molecule has 0 spiro atoms. The van der Waals surface area contributed by atoms with Gasteiger partial charge in [0, 0.05) is 44.1 Å². The van der Waals surface area contributed by atoms with E-state index in [4.69, 9.17) is 9.47 Å². The number of halogens is 1. The molecular weight excluding hydrogens is 391 g/mol. The highest BCUT2D eigenvalue weighted by atomic mass is 19.1. The molecule has 0 saturated heterocycles. The van der Waals surface area contributed by atoms with E-state index >= 15 is 0 Å². The van der Waals surface area contributed by atoms with Gasteiger partial charge in [0.25, 0.3) is 5.91 Å². The van der Waals surface area contributed by atoms with Crippen LogP contribution in [0.3, 0.4) is 0 Å². The fraction of sp³-hybridized carbons (Fsp3) is 0.409. The maximum atomic E-state index is 13.2. The molecule has 0 saturated carbocycles. The van der Waals surface area contributed by atoms with E-state index in [0.717, 1.165) is 0 Å². The largest absolute Gasteiger partial charge is 0.464 e. The van der Waals surface area contributed by atoms with Crippen LogP contribution in [0.1, 0.15) is 48.9 Å². The van der Waals surface area contributed by atoms with Crippen molar-refractivity contribution in [3.05, 3.63) is 58.2 Å². The second kappa shape index (κ2) is 10.2. The van der Waals surface area contributed by atoms with Crippen LogP contribution in [-0.4, -0.2) is 61.0 Å². The minimum absolute atomic E-state index is 0.174. The Labute approximate surface area is 175 Å². The van der Waals surface area contributed by atoms with E-state index in [1.807, 2.05) is 0 Å². The molecule has 0 bridgehead atoms. The molecule has 0 radical (unpaired) electrons. The zero-order valence-electron chi connectivity index (χ0n) is 18.0. The summed E-state index contributed by atoms with van der Waals surface area (Å²) in [5.41, 5.74) is 2.11. The summed E-state index contributed by atoms with van der Waals surface area (Å²) in [6.45, 7) is 3.97. The zero-order chi connectivity index (χ0) is 22.4. The first kappa shape index (κ1) is 23.3. The van der Waals surface area contributed by atoms with Crippen molar-refractivity contribution in [2.24, 2.45) is 7.05 Å². The molecule has 8 heteroatoms. The minimum Gasteiger partial charge on any atom is -0.464 e. The summed E-state index contributed by atoms with van der Waals surface area (Å²) in [5.74, 6) is -1.64. The van der Waals surface area contributed by atoms with E-state index in [2.05, 4.69) is 0 Å². The predicted molar refractivity (Wildman–Crippen MR) is 109 cm³/mol. The van der Waals surface area contributed by atoms with Gasteiger partial charge in [-0.25, -0.2) is 9.18 Å². The van der Waals surface area contributed by atoms with Crippen molar-refractivity contribution in [2.75, 3.05) is 33.9 Å². The van der Waals surface area contributed by atoms with Crippen molar-refractivity contribution in [2.45, 2.75) is 20.3 Å². The second-order valence-electron chi connectivity index (χ2n) is 6.99. The van der Waals surface area contributed by atoms with Gasteiger partial charge < -0.3 is 18.9 Å². The van der Waals surface area contributed by atoms with Crippen molar-refractivity contribution >= 4 is 17.7 Å². The van der Waals surface area contributed by atoms with Gasteiger partial charge in [-0.15, -0.1) is 0 Å². The first-order valence-electron chi connectivity index (χ1n) is 9.54. The van der Waals surface area contributed by atoms with Crippen molar-refractivity contribution in [1.29, 1.82) is 0 Å². The van der Waals surface area contributed by atoms with E-state index in [0.29, 0.717) is 47.7 Å². The van der Waals surface area contributed by atoms with Crippen LogP contribution in [0.4, 0.5) is 4.39 Å². The van der Waals surface area contributed by atoms with Gasteiger partial charge in [0.15, 0.2) is 5.78 Å². The number of amides is 1. The number of benzene rings is 1. The molecule has 1 heterocycles. The minimum atomic E-state index is -0.531. The Morgan fingerprint density at radius 1 is 1.10 bits per heavy atom. The molecule has 0 N–H and O–H groups in total. The molecule has 0 atom stereocenters. The molecule has 0 fully saturated rings. The predicted octanol–water partition coefficient (Wildman–Crippen LogP) is 2.93. The second-order valence-corrected chi connectivity index (χ2v) is 6.99. The van der Waals surface area contributed by atoms with E-state index in [1.54, 1.807) is 32.6 Å². The van der Waals surface area contributed by atoms with Crippen molar-refractivity contribution < 1.29 is 28.2 Å². The van der Waals surface area contributed by atoms with Crippen molar-refractivity contribution in [3.63, 3.8) is 0 Å². The SMILES string of the molecule is COCCCN(CC(=O)c1c(C)c(C(=O)OC)n(C)c1C)C(=O)c1ccc(F)cc1. The number of Topliss-reactive ketones (excluding diaryl/α,β-unsaturated/α-hetero) is 1. The van der Waals surface area contributed by atoms with Crippen LogP contribution in [0.15, 0.2) is 24.3 Å². The number of rotatable bonds is 9. The number of carbonyl (C=O) groups is 3. The Kier molecular flexibility index (Phi) is 7.88. The standard InChI is InChI=1S/C22H27FN2O5/c1-14-19(15(2)24(3)20(14)22(28)30-5)18(26)13-25(11-6-12-29-4)21(27)16-7-9-17(23)10-8-16/h7-10H,6,11-13H2,1-5H3. The van der Waals surface area contributed by atoms with Crippen LogP contribution in [0.25, 0.3) is 0 Å². The molecule has 0 aliphatic carbocycles. The highest BCUT2D eigenvalue weighted by Crippen LogP contribution is 2.23. The third kappa shape index (κ3) is 4.94. The summed E-state index contributed by atoms with van der Waals surface area (Å²) in [6.07, 6.45) is 0.539. The summed E-state index contributed by atoms with van der Waals surface area (Å²) in [7, 11) is 4.53. The third-order valence-corrected chi connectivity index (χ3v) is 5.08. The summed E-state index contributed by atoms with van der Waals surface area (Å²) in [4.78, 5) is 39.6. The number of aromatic nitrogens is 1. The lowest BCUT2D eigenvalue weighted by molar-refractivity contribution is 0.0588. The van der Waals surface area contributed by atoms with Gasteiger partial charge in [0.05, 0.1) is 13.7 Å². The topological polar surface area (TPSA) is 77.8 Å². The molecule has 0 unspecified atom stereocenters. The Morgan fingerprint density at radius 3 is 2.30 bits per heavy atom. The molecule has 30 heavy (non-hydrogen) atoms. The fourth-order valence-corrected chi connectivity index (χ4v) is 3.45. The van der Waals surface area contributed by atoms with Crippen LogP contribution in [0, 0.1) is 19.7 Å². The number of ketones is 1. The fourth-order valence-electron chi connectivity index (χ4n) is 3.45. The molecule has 2 rings (SSSR count). The Balaban J connectivity index is 2.33. The quantitative estimate of drug-likeness (QED) is 0.356. The molecule has 1 aromatic carbocycles. The van der Waals surface area contributed by atoms with Gasteiger partial charge in [-0.3, -0.25) is 9.59 Å². The monoisotopic (exact) mass is 418 g/mol. The molecule has 1 amide bonds. The van der Waals surface area contributed by atoms with E-state index in [1.165, 1.54) is 36.3 Å². The van der Waals surface area contributed by atoms with Gasteiger partial charge in [0.1, 0.15) is 11.5 Å². The number of methoxy groups -OCH3 is 2. The molecule has 7 nitrogen and oxygen atoms in total. The Bertz CT molecular complexity index is 934. The maximum Gasteiger partial charge on any atom is 0.354 e. The normalized spacial score (nSPS) is 10.7. The van der Waals surface area contributed by atoms with Crippen LogP contribution in [0.5, 0.6) is 0 Å². The van der Waals surface area contributed by atoms with Crippen LogP contribution < -0.4 is 0 Å². The Morgan fingerprint density at radius 2 is 1.73 bits per heavy atom. The average molecular weight is 418 g/mol. The van der Waals surface area contributed by atoms with Crippen LogP contribution >= 0.6 is 0 Å². The number of hydrogen-bond acceptors (Lipinski definition) is 5. The molecule has 0 aliphatic heterocycles. The highest BCUT2D eigenvalue weighted by Gasteiger charge is 2.27. The highest BCUT2D eigenvalue weighted by molar-refractivity contribution is 6.06. The van der Waals surface area contributed by atoms with Gasteiger partial charge in [-0.2, -0.15) is 0 Å². The summed E-state index contributed by atoms with van der Waals surface area (Å²) >= 11 is 0. The van der Waals surface area contributed by atoms with Gasteiger partial charge >= 0.3 is 5.97 Å². The lowest BCUT2D eigenvalue weighted by atomic mass is 10.0. The van der Waals surface area contributed by atoms with Gasteiger partial charge in [-0.05, 0) is 50.1 Å². The van der Waals surface area contributed by atoms with Crippen LogP contribution in [-0.2, 0) is 16.5 Å². The lowest BCUT2D eigenvalue weighted by Gasteiger charge is -2.22. The Hall–Kier alpha value is -3.00. The summed E-state index contributed by atoms with van der Waals surface area (Å²) in [5, 5.41) is 0. The number of esters is 1. The average Bonchev–Trinajstić information content (AvgIpc) is 2.95. The summed E-state index contributed by atoms with van der Waals surface area (Å²) in [6, 6.07) is 5.19. The molecular formula is C22H27FN2O5. The van der Waals surface area contributed by atoms with E-state index < -0.39 is 11.8 Å². The van der Waals surface area contributed by atoms with E-state index in [-0.39, 0.29) is 18.2 Å². The molecule has 0 aliphatic rings. The first-order chi connectivity index (χ1) is 14.2. The smallest absolute Gasteiger partial charge is 0.354 e. The molecule has 1 aromatic heterocycles. The van der Waals surface area contributed by atoms with Gasteiger partial charge in [-0.1, -0.05) is 0 Å². The van der Waals surface area contributed by atoms with E-state index in [9.17, 15) is 18.8 Å². The maximum absolute atomic E-state index is 13.2. The molecule has 2 aromatic rings. The van der Waals surface area contributed by atoms with Crippen molar-refractivity contribution in [1.82, 2.24) is 9.47 Å². The van der Waals surface area contributed by atoms with Crippen molar-refractivity contribution in [3.8, 4) is 0 Å². The first-order valence-corrected chi connectivity index (χ1v) is 9.54. The lowest BCUT2D eigenvalue weighted by Crippen LogP contribution is -2.37. The number of ether oxygens (including phenoxy) is 2. The van der Waals surface area contributed by atoms with Gasteiger partial charge in [0.2, 0.25) is 0 Å². The number of carbonyl (C=O) groups excluding carboxylic acids is 3. The third-order valence-electron chi connectivity index (χ3n) is 5.08. The summed E-state index contributed by atoms with van der Waals surface area (Å²) < 4.78 is 24.7. The molecule has 162 valence electrons. The van der Waals surface area contributed by atoms with Crippen LogP contribution in [0.2, 0.25) is 0 Å².